The fraction of sp³-hybridized carbons (Fsp3) is 0.944. The summed E-state index contributed by atoms with van der Waals surface area (Å²) in [4.78, 5) is 6.83. The minimum atomic E-state index is 0. The number of hydrogen-bond donors (Lipinski definition) is 1. The Kier molecular flexibility index (Phi) is 9.11. The summed E-state index contributed by atoms with van der Waals surface area (Å²) in [5.74, 6) is 1.95. The van der Waals surface area contributed by atoms with Crippen LogP contribution in [0.15, 0.2) is 4.99 Å². The molecule has 2 unspecified atom stereocenters. The Bertz CT molecular complexity index is 382. The zero-order valence-electron chi connectivity index (χ0n) is 15.0. The van der Waals surface area contributed by atoms with Crippen molar-refractivity contribution in [3.8, 4) is 0 Å². The van der Waals surface area contributed by atoms with E-state index in [9.17, 15) is 0 Å². The van der Waals surface area contributed by atoms with Crippen LogP contribution in [0.3, 0.4) is 0 Å². The van der Waals surface area contributed by atoms with Crippen LogP contribution in [0, 0.1) is 5.92 Å². The second kappa shape index (κ2) is 10.8. The first-order chi connectivity index (χ1) is 11.4. The molecule has 0 amide bonds. The molecular formula is C18H34IN3O2. The Morgan fingerprint density at radius 1 is 1.04 bits per heavy atom. The fourth-order valence-corrected chi connectivity index (χ4v) is 4.18. The first kappa shape index (κ1) is 20.2. The minimum Gasteiger partial charge on any atom is -0.375 e. The van der Waals surface area contributed by atoms with Crippen molar-refractivity contribution in [3.63, 3.8) is 0 Å². The van der Waals surface area contributed by atoms with Gasteiger partial charge in [0.1, 0.15) is 6.10 Å². The van der Waals surface area contributed by atoms with Crippen LogP contribution in [0.1, 0.15) is 51.4 Å². The molecule has 3 rings (SSSR count). The first-order valence-corrected chi connectivity index (χ1v) is 9.55. The number of aliphatic imine (C=N–C) groups is 1. The lowest BCUT2D eigenvalue weighted by molar-refractivity contribution is -0.0817. The summed E-state index contributed by atoms with van der Waals surface area (Å²) in [5, 5.41) is 3.58. The maximum absolute atomic E-state index is 5.94. The molecule has 0 aromatic heterocycles. The van der Waals surface area contributed by atoms with E-state index in [-0.39, 0.29) is 36.2 Å². The molecule has 24 heavy (non-hydrogen) atoms. The van der Waals surface area contributed by atoms with Crippen LogP contribution in [-0.2, 0) is 9.47 Å². The molecular weight excluding hydrogens is 417 g/mol. The fourth-order valence-electron chi connectivity index (χ4n) is 4.18. The van der Waals surface area contributed by atoms with Crippen LogP contribution in [0.2, 0.25) is 0 Å². The number of guanidine groups is 1. The maximum Gasteiger partial charge on any atom is 0.193 e. The molecule has 2 aliphatic heterocycles. The minimum absolute atomic E-state index is 0. The zero-order chi connectivity index (χ0) is 15.9. The third-order valence-corrected chi connectivity index (χ3v) is 5.54. The van der Waals surface area contributed by atoms with Crippen molar-refractivity contribution in [2.45, 2.75) is 63.6 Å². The molecule has 3 aliphatic rings. The van der Waals surface area contributed by atoms with Crippen molar-refractivity contribution in [1.82, 2.24) is 10.2 Å². The molecule has 1 aliphatic carbocycles. The molecule has 1 saturated carbocycles. The van der Waals surface area contributed by atoms with Gasteiger partial charge in [-0.25, -0.2) is 0 Å². The molecule has 0 aromatic rings. The number of nitrogens with one attached hydrogen (secondary N) is 1. The number of rotatable bonds is 4. The monoisotopic (exact) mass is 451 g/mol. The Morgan fingerprint density at radius 3 is 2.54 bits per heavy atom. The highest BCUT2D eigenvalue weighted by Gasteiger charge is 2.32. The molecule has 6 heteroatoms. The Labute approximate surface area is 164 Å². The van der Waals surface area contributed by atoms with Gasteiger partial charge in [0.05, 0.1) is 12.7 Å². The average molecular weight is 451 g/mol. The molecule has 2 atom stereocenters. The van der Waals surface area contributed by atoms with Gasteiger partial charge >= 0.3 is 0 Å². The quantitative estimate of drug-likeness (QED) is 0.406. The normalized spacial score (nSPS) is 29.4. The summed E-state index contributed by atoms with van der Waals surface area (Å²) in [6, 6.07) is 0. The Hall–Kier alpha value is -0.0800. The van der Waals surface area contributed by atoms with Gasteiger partial charge in [0.25, 0.3) is 0 Å². The van der Waals surface area contributed by atoms with Gasteiger partial charge in [-0.05, 0) is 25.2 Å². The largest absolute Gasteiger partial charge is 0.375 e. The molecule has 0 aromatic carbocycles. The summed E-state index contributed by atoms with van der Waals surface area (Å²) < 4.78 is 11.7. The van der Waals surface area contributed by atoms with E-state index in [0.29, 0.717) is 0 Å². The van der Waals surface area contributed by atoms with Gasteiger partial charge in [0, 0.05) is 33.3 Å². The van der Waals surface area contributed by atoms with E-state index in [0.717, 1.165) is 51.1 Å². The highest BCUT2D eigenvalue weighted by atomic mass is 127. The molecule has 0 bridgehead atoms. The van der Waals surface area contributed by atoms with Crippen LogP contribution in [-0.4, -0.2) is 63.0 Å². The van der Waals surface area contributed by atoms with Gasteiger partial charge in [-0.2, -0.15) is 0 Å². The second-order valence-corrected chi connectivity index (χ2v) is 7.17. The highest BCUT2D eigenvalue weighted by Crippen LogP contribution is 2.26. The molecule has 1 N–H and O–H groups in total. The van der Waals surface area contributed by atoms with Crippen molar-refractivity contribution >= 4 is 29.9 Å². The molecule has 140 valence electrons. The molecule has 0 radical (unpaired) electrons. The van der Waals surface area contributed by atoms with E-state index in [2.05, 4.69) is 15.2 Å². The first-order valence-electron chi connectivity index (χ1n) is 9.55. The molecule has 2 saturated heterocycles. The van der Waals surface area contributed by atoms with Crippen LogP contribution < -0.4 is 5.32 Å². The van der Waals surface area contributed by atoms with Crippen molar-refractivity contribution < 1.29 is 9.47 Å². The van der Waals surface area contributed by atoms with Gasteiger partial charge in [-0.15, -0.1) is 24.0 Å². The van der Waals surface area contributed by atoms with Crippen molar-refractivity contribution in [2.24, 2.45) is 10.9 Å². The highest BCUT2D eigenvalue weighted by molar-refractivity contribution is 14.0. The number of morpholine rings is 1. The lowest BCUT2D eigenvalue weighted by Gasteiger charge is -2.37. The van der Waals surface area contributed by atoms with Gasteiger partial charge in [0.15, 0.2) is 5.96 Å². The average Bonchev–Trinajstić information content (AvgIpc) is 3.14. The van der Waals surface area contributed by atoms with E-state index in [1.165, 1.54) is 44.9 Å². The van der Waals surface area contributed by atoms with Crippen LogP contribution in [0.5, 0.6) is 0 Å². The standard InChI is InChI=1S/C18H33N3O2.HI/c1-19-18(20-10-9-15-6-3-2-4-7-15)21-11-13-23-17(14-21)16-8-5-12-22-16;/h15-17H,2-14H2,1H3,(H,19,20);1H. The summed E-state index contributed by atoms with van der Waals surface area (Å²) in [6.45, 7) is 4.52. The maximum atomic E-state index is 5.94. The molecule has 0 spiro atoms. The van der Waals surface area contributed by atoms with Gasteiger partial charge < -0.3 is 19.7 Å². The van der Waals surface area contributed by atoms with E-state index >= 15 is 0 Å². The smallest absolute Gasteiger partial charge is 0.193 e. The number of hydrogen-bond acceptors (Lipinski definition) is 3. The molecule has 2 heterocycles. The Balaban J connectivity index is 0.00000208. The summed E-state index contributed by atoms with van der Waals surface area (Å²) in [5.41, 5.74) is 0. The van der Waals surface area contributed by atoms with Gasteiger partial charge in [-0.1, -0.05) is 32.1 Å². The lowest BCUT2D eigenvalue weighted by Crippen LogP contribution is -2.53. The zero-order valence-corrected chi connectivity index (χ0v) is 17.4. The van der Waals surface area contributed by atoms with E-state index in [4.69, 9.17) is 9.47 Å². The number of halogens is 1. The van der Waals surface area contributed by atoms with E-state index in [1.54, 1.807) is 0 Å². The Morgan fingerprint density at radius 2 is 1.83 bits per heavy atom. The van der Waals surface area contributed by atoms with Crippen LogP contribution >= 0.6 is 24.0 Å². The third kappa shape index (κ3) is 5.73. The summed E-state index contributed by atoms with van der Waals surface area (Å²) in [7, 11) is 1.89. The number of ether oxygens (including phenoxy) is 2. The van der Waals surface area contributed by atoms with Gasteiger partial charge in [0.2, 0.25) is 0 Å². The molecule has 3 fully saturated rings. The van der Waals surface area contributed by atoms with Crippen molar-refractivity contribution in [1.29, 1.82) is 0 Å². The number of nitrogens with zero attached hydrogens (tertiary/aromatic N) is 2. The summed E-state index contributed by atoms with van der Waals surface area (Å²) in [6.07, 6.45) is 11.2. The van der Waals surface area contributed by atoms with Gasteiger partial charge in [-0.3, -0.25) is 4.99 Å². The van der Waals surface area contributed by atoms with Crippen LogP contribution in [0.4, 0.5) is 0 Å². The topological polar surface area (TPSA) is 46.1 Å². The second-order valence-electron chi connectivity index (χ2n) is 7.17. The SMILES string of the molecule is CN=C(NCCC1CCCCC1)N1CCOC(C2CCCO2)C1.I. The predicted molar refractivity (Wildman–Crippen MR) is 108 cm³/mol. The van der Waals surface area contributed by atoms with Crippen molar-refractivity contribution in [3.05, 3.63) is 0 Å². The van der Waals surface area contributed by atoms with E-state index < -0.39 is 0 Å². The summed E-state index contributed by atoms with van der Waals surface area (Å²) >= 11 is 0. The predicted octanol–water partition coefficient (Wildman–Crippen LogP) is 3.03. The van der Waals surface area contributed by atoms with Crippen LogP contribution in [0.25, 0.3) is 0 Å². The third-order valence-electron chi connectivity index (χ3n) is 5.54. The van der Waals surface area contributed by atoms with Crippen molar-refractivity contribution in [2.75, 3.05) is 39.9 Å². The van der Waals surface area contributed by atoms with E-state index in [1.807, 2.05) is 7.05 Å². The lowest BCUT2D eigenvalue weighted by atomic mass is 9.87. The molecule has 5 nitrogen and oxygen atoms in total.